The van der Waals surface area contributed by atoms with Gasteiger partial charge >= 0.3 is 0 Å². The summed E-state index contributed by atoms with van der Waals surface area (Å²) in [6.45, 7) is 6.88. The molecule has 2 fully saturated rings. The molecule has 2 rings (SSSR count). The number of likely N-dealkylation sites (tertiary alicyclic amines) is 2. The average molecular weight is 210 g/mol. The molecule has 1 unspecified atom stereocenters. The molecule has 3 nitrogen and oxygen atoms in total. The first-order valence-corrected chi connectivity index (χ1v) is 6.11. The summed E-state index contributed by atoms with van der Waals surface area (Å²) in [7, 11) is 1.95. The van der Waals surface area contributed by atoms with Gasteiger partial charge in [0.25, 0.3) is 0 Å². The van der Waals surface area contributed by atoms with E-state index >= 15 is 0 Å². The first kappa shape index (κ1) is 10.9. The lowest BCUT2D eigenvalue weighted by atomic mass is 9.79. The lowest BCUT2D eigenvalue weighted by molar-refractivity contribution is -0.135. The highest BCUT2D eigenvalue weighted by molar-refractivity contribution is 5.76. The van der Waals surface area contributed by atoms with Gasteiger partial charge in [0.15, 0.2) is 0 Å². The molecule has 3 heteroatoms. The summed E-state index contributed by atoms with van der Waals surface area (Å²) in [4.78, 5) is 15.9. The van der Waals surface area contributed by atoms with Gasteiger partial charge in [-0.25, -0.2) is 0 Å². The highest BCUT2D eigenvalue weighted by Gasteiger charge is 2.42. The summed E-state index contributed by atoms with van der Waals surface area (Å²) in [6.07, 6.45) is 4.39. The van der Waals surface area contributed by atoms with Crippen molar-refractivity contribution in [2.45, 2.75) is 32.6 Å². The Bertz CT molecular complexity index is 254. The van der Waals surface area contributed by atoms with Crippen LogP contribution in [0.1, 0.15) is 32.6 Å². The van der Waals surface area contributed by atoms with Crippen LogP contribution in [-0.4, -0.2) is 48.9 Å². The van der Waals surface area contributed by atoms with Crippen LogP contribution in [0.4, 0.5) is 0 Å². The summed E-state index contributed by atoms with van der Waals surface area (Å²) >= 11 is 0. The van der Waals surface area contributed by atoms with Crippen molar-refractivity contribution in [2.75, 3.05) is 33.2 Å². The quantitative estimate of drug-likeness (QED) is 0.686. The minimum atomic E-state index is 0.328. The van der Waals surface area contributed by atoms with Crippen molar-refractivity contribution in [3.05, 3.63) is 0 Å². The molecule has 1 spiro atoms. The van der Waals surface area contributed by atoms with E-state index in [4.69, 9.17) is 0 Å². The van der Waals surface area contributed by atoms with Crippen molar-refractivity contribution >= 4 is 5.91 Å². The summed E-state index contributed by atoms with van der Waals surface area (Å²) in [5.41, 5.74) is 0.428. The highest BCUT2D eigenvalue weighted by atomic mass is 16.2. The molecule has 15 heavy (non-hydrogen) atoms. The van der Waals surface area contributed by atoms with Crippen molar-refractivity contribution in [1.29, 1.82) is 0 Å². The fourth-order valence-electron chi connectivity index (χ4n) is 3.10. The second-order valence-electron chi connectivity index (χ2n) is 5.28. The molecule has 0 aromatic rings. The summed E-state index contributed by atoms with van der Waals surface area (Å²) in [6, 6.07) is 0. The van der Waals surface area contributed by atoms with Gasteiger partial charge in [0.05, 0.1) is 0 Å². The number of piperidine rings is 1. The van der Waals surface area contributed by atoms with Gasteiger partial charge in [0.2, 0.25) is 5.91 Å². The average Bonchev–Trinajstić information content (AvgIpc) is 2.57. The first-order chi connectivity index (χ1) is 7.15. The molecule has 0 aliphatic carbocycles. The number of amides is 1. The van der Waals surface area contributed by atoms with Gasteiger partial charge in [0.1, 0.15) is 0 Å². The van der Waals surface area contributed by atoms with Crippen LogP contribution in [0.15, 0.2) is 0 Å². The van der Waals surface area contributed by atoms with Crippen LogP contribution in [0.3, 0.4) is 0 Å². The van der Waals surface area contributed by atoms with Crippen LogP contribution in [0.5, 0.6) is 0 Å². The molecule has 2 saturated heterocycles. The van der Waals surface area contributed by atoms with Crippen molar-refractivity contribution in [2.24, 2.45) is 5.41 Å². The Morgan fingerprint density at radius 2 is 2.13 bits per heavy atom. The zero-order valence-electron chi connectivity index (χ0n) is 9.96. The molecule has 2 aliphatic heterocycles. The fraction of sp³-hybridized carbons (Fsp3) is 0.917. The van der Waals surface area contributed by atoms with Crippen molar-refractivity contribution in [1.82, 2.24) is 9.80 Å². The highest BCUT2D eigenvalue weighted by Crippen LogP contribution is 2.38. The van der Waals surface area contributed by atoms with Crippen LogP contribution in [0, 0.1) is 5.41 Å². The topological polar surface area (TPSA) is 23.6 Å². The number of nitrogens with zero attached hydrogens (tertiary/aromatic N) is 2. The predicted octanol–water partition coefficient (Wildman–Crippen LogP) is 1.34. The monoisotopic (exact) mass is 210 g/mol. The smallest absolute Gasteiger partial charge is 0.222 e. The van der Waals surface area contributed by atoms with E-state index in [2.05, 4.69) is 11.8 Å². The second-order valence-corrected chi connectivity index (χ2v) is 5.28. The minimum absolute atomic E-state index is 0.328. The van der Waals surface area contributed by atoms with Crippen molar-refractivity contribution < 1.29 is 4.79 Å². The van der Waals surface area contributed by atoms with E-state index in [1.54, 1.807) is 0 Å². The van der Waals surface area contributed by atoms with Crippen molar-refractivity contribution in [3.63, 3.8) is 0 Å². The lowest BCUT2D eigenvalue weighted by Gasteiger charge is -2.38. The van der Waals surface area contributed by atoms with E-state index in [0.717, 1.165) is 19.4 Å². The van der Waals surface area contributed by atoms with E-state index in [-0.39, 0.29) is 0 Å². The van der Waals surface area contributed by atoms with E-state index < -0.39 is 0 Å². The van der Waals surface area contributed by atoms with Gasteiger partial charge in [-0.2, -0.15) is 0 Å². The van der Waals surface area contributed by atoms with E-state index in [1.807, 2.05) is 11.9 Å². The Morgan fingerprint density at radius 1 is 1.33 bits per heavy atom. The normalized spacial score (nSPS) is 32.9. The van der Waals surface area contributed by atoms with Gasteiger partial charge in [-0.15, -0.1) is 0 Å². The van der Waals surface area contributed by atoms with Gasteiger partial charge in [0, 0.05) is 32.0 Å². The maximum atomic E-state index is 11.5. The second kappa shape index (κ2) is 4.12. The Balaban J connectivity index is 1.95. The third kappa shape index (κ3) is 2.17. The Morgan fingerprint density at radius 3 is 2.80 bits per heavy atom. The molecule has 1 atom stereocenters. The van der Waals surface area contributed by atoms with E-state index in [0.29, 0.717) is 11.3 Å². The molecular weight excluding hydrogens is 188 g/mol. The molecule has 0 N–H and O–H groups in total. The molecule has 0 saturated carbocycles. The molecule has 2 aliphatic rings. The molecule has 0 radical (unpaired) electrons. The van der Waals surface area contributed by atoms with Crippen LogP contribution < -0.4 is 0 Å². The van der Waals surface area contributed by atoms with Crippen LogP contribution >= 0.6 is 0 Å². The van der Waals surface area contributed by atoms with Crippen molar-refractivity contribution in [3.8, 4) is 0 Å². The molecule has 2 heterocycles. The zero-order chi connectivity index (χ0) is 10.9. The number of hydrogen-bond donors (Lipinski definition) is 0. The standard InChI is InChI=1S/C12H22N2O/c1-3-7-14-8-6-12(10-14)5-4-11(15)13(2)9-12/h3-10H2,1-2H3. The largest absolute Gasteiger partial charge is 0.345 e. The first-order valence-electron chi connectivity index (χ1n) is 6.11. The molecule has 0 aromatic heterocycles. The Kier molecular flexibility index (Phi) is 3.01. The van der Waals surface area contributed by atoms with Gasteiger partial charge in [-0.3, -0.25) is 4.79 Å². The third-order valence-corrected chi connectivity index (χ3v) is 3.92. The minimum Gasteiger partial charge on any atom is -0.345 e. The summed E-state index contributed by atoms with van der Waals surface area (Å²) < 4.78 is 0. The van der Waals surface area contributed by atoms with Gasteiger partial charge in [-0.05, 0) is 32.4 Å². The third-order valence-electron chi connectivity index (χ3n) is 3.92. The Labute approximate surface area is 92.4 Å². The SMILES string of the molecule is CCCN1CCC2(CCC(=O)N(C)C2)C1. The molecule has 86 valence electrons. The lowest BCUT2D eigenvalue weighted by Crippen LogP contribution is -2.45. The van der Waals surface area contributed by atoms with Crippen LogP contribution in [-0.2, 0) is 4.79 Å². The van der Waals surface area contributed by atoms with E-state index in [1.165, 1.54) is 32.5 Å². The number of hydrogen-bond acceptors (Lipinski definition) is 2. The fourth-order valence-corrected chi connectivity index (χ4v) is 3.10. The Hall–Kier alpha value is -0.570. The van der Waals surface area contributed by atoms with E-state index in [9.17, 15) is 4.79 Å². The maximum Gasteiger partial charge on any atom is 0.222 e. The van der Waals surface area contributed by atoms with Crippen LogP contribution in [0.2, 0.25) is 0 Å². The predicted molar refractivity (Wildman–Crippen MR) is 60.7 cm³/mol. The summed E-state index contributed by atoms with van der Waals surface area (Å²) in [5, 5.41) is 0. The summed E-state index contributed by atoms with van der Waals surface area (Å²) in [5.74, 6) is 0.328. The molecule has 0 aromatic carbocycles. The zero-order valence-corrected chi connectivity index (χ0v) is 9.96. The van der Waals surface area contributed by atoms with Crippen LogP contribution in [0.25, 0.3) is 0 Å². The molecule has 0 bridgehead atoms. The van der Waals surface area contributed by atoms with Gasteiger partial charge < -0.3 is 9.80 Å². The molecule has 1 amide bonds. The maximum absolute atomic E-state index is 11.5. The number of carbonyl (C=O) groups is 1. The van der Waals surface area contributed by atoms with Gasteiger partial charge in [-0.1, -0.05) is 6.92 Å². The molecular formula is C12H22N2O. The number of rotatable bonds is 2. The number of carbonyl (C=O) groups excluding carboxylic acids is 1.